The van der Waals surface area contributed by atoms with E-state index in [1.54, 1.807) is 6.08 Å². The monoisotopic (exact) mass is 566 g/mol. The third kappa shape index (κ3) is 2.92. The molecule has 5 rings (SSSR count). The van der Waals surface area contributed by atoms with Crippen molar-refractivity contribution in [2.24, 2.45) is 0 Å². The molecule has 0 fully saturated rings. The van der Waals surface area contributed by atoms with E-state index in [-0.39, 0.29) is 5.78 Å². The highest BCUT2D eigenvalue weighted by molar-refractivity contribution is 9.11. The van der Waals surface area contributed by atoms with Gasteiger partial charge in [0.1, 0.15) is 22.1 Å². The molecule has 1 aliphatic carbocycles. The molecule has 29 heavy (non-hydrogen) atoms. The summed E-state index contributed by atoms with van der Waals surface area (Å²) in [5.41, 5.74) is 3.15. The smallest absolute Gasteiger partial charge is 0.290 e. The second-order valence-electron chi connectivity index (χ2n) is 6.37. The molecule has 0 saturated heterocycles. The maximum Gasteiger partial charge on any atom is 0.290 e. The number of halogens is 2. The normalized spacial score (nSPS) is 18.5. The molecule has 2 aliphatic rings. The lowest BCUT2D eigenvalue weighted by atomic mass is 9.80. The summed E-state index contributed by atoms with van der Waals surface area (Å²) in [5.74, 6) is -0.667. The zero-order valence-electron chi connectivity index (χ0n) is 14.5. The molecule has 4 heterocycles. The third-order valence-corrected chi connectivity index (χ3v) is 8.64. The van der Waals surface area contributed by atoms with Gasteiger partial charge in [-0.3, -0.25) is 4.79 Å². The van der Waals surface area contributed by atoms with Crippen molar-refractivity contribution in [2.75, 3.05) is 0 Å². The van der Waals surface area contributed by atoms with Gasteiger partial charge in [-0.05, 0) is 56.1 Å². The van der Waals surface area contributed by atoms with Gasteiger partial charge in [-0.2, -0.15) is 8.75 Å². The number of allylic oxidation sites excluding steroid dienone is 3. The molecule has 10 heteroatoms. The van der Waals surface area contributed by atoms with E-state index >= 15 is 0 Å². The molecule has 5 nitrogen and oxygen atoms in total. The Morgan fingerprint density at radius 3 is 2.52 bits per heavy atom. The fourth-order valence-corrected chi connectivity index (χ4v) is 7.19. The van der Waals surface area contributed by atoms with E-state index in [0.29, 0.717) is 40.3 Å². The molecule has 0 aromatic carbocycles. The first-order valence-corrected chi connectivity index (χ1v) is 12.4. The second kappa shape index (κ2) is 7.28. The van der Waals surface area contributed by atoms with Crippen molar-refractivity contribution in [3.8, 4) is 0 Å². The van der Waals surface area contributed by atoms with Crippen molar-refractivity contribution in [2.45, 2.75) is 12.3 Å². The Hall–Kier alpha value is -1.59. The molecule has 1 atom stereocenters. The molecule has 0 bridgehead atoms. The first-order valence-electron chi connectivity index (χ1n) is 8.45. The molecular weight excluding hydrogens is 558 g/mol. The fraction of sp³-hybridized carbons (Fsp3) is 0.105. The van der Waals surface area contributed by atoms with Crippen LogP contribution in [-0.2, 0) is 4.79 Å². The summed E-state index contributed by atoms with van der Waals surface area (Å²) in [5, 5.41) is 0. The van der Waals surface area contributed by atoms with Crippen LogP contribution in [0.15, 0.2) is 55.8 Å². The summed E-state index contributed by atoms with van der Waals surface area (Å²) in [6.45, 7) is 3.77. The summed E-state index contributed by atoms with van der Waals surface area (Å²) in [7, 11) is 0. The van der Waals surface area contributed by atoms with E-state index in [4.69, 9.17) is 0 Å². The molecule has 0 radical (unpaired) electrons. The first kappa shape index (κ1) is 19.4. The lowest BCUT2D eigenvalue weighted by Crippen LogP contribution is -2.23. The first-order chi connectivity index (χ1) is 14.0. The molecule has 3 aromatic rings. The third-order valence-electron chi connectivity index (χ3n) is 4.78. The Morgan fingerprint density at radius 2 is 1.86 bits per heavy atom. The molecule has 0 amide bonds. The van der Waals surface area contributed by atoms with Crippen molar-refractivity contribution in [3.05, 3.63) is 81.8 Å². The Balaban J connectivity index is 1.82. The highest BCUT2D eigenvalue weighted by atomic mass is 79.9. The van der Waals surface area contributed by atoms with E-state index in [1.807, 2.05) is 24.3 Å². The average molecular weight is 568 g/mol. The number of aromatic nitrogens is 2. The van der Waals surface area contributed by atoms with Gasteiger partial charge in [0, 0.05) is 9.78 Å². The predicted molar refractivity (Wildman–Crippen MR) is 123 cm³/mol. The van der Waals surface area contributed by atoms with Gasteiger partial charge in [-0.15, -0.1) is 29.3 Å². The summed E-state index contributed by atoms with van der Waals surface area (Å²) < 4.78 is 11.7. The van der Waals surface area contributed by atoms with E-state index in [1.165, 1.54) is 22.7 Å². The highest BCUT2D eigenvalue weighted by Gasteiger charge is 2.53. The van der Waals surface area contributed by atoms with E-state index < -0.39 is 5.92 Å². The largest absolute Gasteiger partial charge is 0.293 e. The predicted octanol–water partition coefficient (Wildman–Crippen LogP) is 6.39. The van der Waals surface area contributed by atoms with Gasteiger partial charge >= 0.3 is 0 Å². The maximum atomic E-state index is 13.7. The van der Waals surface area contributed by atoms with Crippen molar-refractivity contribution in [1.82, 2.24) is 8.75 Å². The number of hydrogen-bond acceptors (Lipinski definition) is 7. The van der Waals surface area contributed by atoms with Gasteiger partial charge in [0.05, 0.1) is 41.7 Å². The van der Waals surface area contributed by atoms with E-state index in [2.05, 4.69) is 47.2 Å². The topological polar surface area (TPSA) is 62.9 Å². The van der Waals surface area contributed by atoms with Crippen LogP contribution in [0.2, 0.25) is 0 Å². The van der Waals surface area contributed by atoms with Crippen LogP contribution in [0.5, 0.6) is 0 Å². The number of fused-ring (bicyclic) bond motifs is 3. The molecule has 3 aromatic heterocycles. The fourth-order valence-electron chi connectivity index (χ4n) is 3.66. The van der Waals surface area contributed by atoms with Gasteiger partial charge in [-0.1, -0.05) is 6.08 Å². The van der Waals surface area contributed by atoms with Crippen molar-refractivity contribution in [3.63, 3.8) is 0 Å². The van der Waals surface area contributed by atoms with Crippen LogP contribution in [0.25, 0.3) is 11.3 Å². The minimum absolute atomic E-state index is 0.113. The number of Topliss-reactive ketones (excluding diaryl/α,β-unsaturated/α-hetero) is 1. The Morgan fingerprint density at radius 1 is 1.10 bits per heavy atom. The molecule has 144 valence electrons. The number of rotatable bonds is 4. The minimum Gasteiger partial charge on any atom is -0.293 e. The molecule has 0 spiro atoms. The summed E-state index contributed by atoms with van der Waals surface area (Å²) >= 11 is 10.9. The van der Waals surface area contributed by atoms with Gasteiger partial charge in [0.25, 0.3) is 11.4 Å². The highest BCUT2D eigenvalue weighted by Crippen LogP contribution is 2.52. The molecule has 0 saturated carbocycles. The van der Waals surface area contributed by atoms with Crippen LogP contribution < -0.4 is 0 Å². The molecule has 1 aliphatic heterocycles. The van der Waals surface area contributed by atoms with E-state index in [9.17, 15) is 9.70 Å². The van der Waals surface area contributed by atoms with Crippen molar-refractivity contribution < 1.29 is 9.55 Å². The summed E-state index contributed by atoms with van der Waals surface area (Å²) in [4.78, 5) is 28.7. The number of thiophene rings is 2. The lowest BCUT2D eigenvalue weighted by molar-refractivity contribution is -0.395. The molecule has 1 unspecified atom stereocenters. The minimum atomic E-state index is -0.554. The number of carbonyl (C=O) groups excluding carboxylic acids is 1. The molecule has 0 N–H and O–H groups in total. The Bertz CT molecular complexity index is 1280. The van der Waals surface area contributed by atoms with Crippen LogP contribution >= 0.6 is 66.3 Å². The van der Waals surface area contributed by atoms with Gasteiger partial charge in [-0.25, -0.2) is 0 Å². The number of ketones is 1. The lowest BCUT2D eigenvalue weighted by Gasteiger charge is -2.19. The van der Waals surface area contributed by atoms with Crippen LogP contribution in [0.3, 0.4) is 0 Å². The standard InChI is InChI=1S/C19H10Br2N3O2S3/c1-2-3-8-13-15(18(24(8)26)10-5-7-12(21)28-10)17-16(22-29-23-17)14(19(13)25)9-4-6-11(20)27-9/h2,4-7,14H,1,3H2/q+1. The number of nitroso groups, excluding NO2 is 1. The quantitative estimate of drug-likeness (QED) is 0.270. The number of hydrogen-bond donors (Lipinski definition) is 0. The van der Waals surface area contributed by atoms with Crippen LogP contribution in [0.4, 0.5) is 0 Å². The van der Waals surface area contributed by atoms with Crippen molar-refractivity contribution >= 4 is 83.3 Å². The van der Waals surface area contributed by atoms with Crippen LogP contribution in [0.1, 0.15) is 33.5 Å². The Labute approximate surface area is 194 Å². The van der Waals surface area contributed by atoms with Gasteiger partial charge < -0.3 is 0 Å². The maximum absolute atomic E-state index is 13.7. The molecular formula is C19H10Br2N3O2S3+. The number of nitrogens with zero attached hydrogens (tertiary/aromatic N) is 3. The summed E-state index contributed by atoms with van der Waals surface area (Å²) in [6, 6.07) is 7.61. The van der Waals surface area contributed by atoms with Crippen molar-refractivity contribution in [1.29, 1.82) is 0 Å². The van der Waals surface area contributed by atoms with Gasteiger partial charge in [0.15, 0.2) is 5.78 Å². The summed E-state index contributed by atoms with van der Waals surface area (Å²) in [6.07, 6.45) is 1.95. The van der Waals surface area contributed by atoms with Crippen LogP contribution in [0, 0.1) is 4.91 Å². The average Bonchev–Trinajstić information content (AvgIpc) is 3.45. The van der Waals surface area contributed by atoms with Crippen LogP contribution in [-0.4, -0.2) is 19.3 Å². The zero-order valence-corrected chi connectivity index (χ0v) is 20.1. The second-order valence-corrected chi connectivity index (χ2v) is 11.9. The number of carbonyl (C=O) groups is 1. The Kier molecular flexibility index (Phi) is 4.86. The van der Waals surface area contributed by atoms with E-state index in [0.717, 1.165) is 33.8 Å². The SMILES string of the molecule is C=CCC1=C2C(=O)C(c3ccc(Br)s3)c3nsnc3C2=C(c2ccc(Br)s2)[N+]1=O. The van der Waals surface area contributed by atoms with Gasteiger partial charge in [0.2, 0.25) is 0 Å². The zero-order chi connectivity index (χ0) is 20.3.